The van der Waals surface area contributed by atoms with Crippen LogP contribution in [0.2, 0.25) is 0 Å². The summed E-state index contributed by atoms with van der Waals surface area (Å²) in [4.78, 5) is 14.6. The van der Waals surface area contributed by atoms with Crippen molar-refractivity contribution < 1.29 is 4.79 Å². The summed E-state index contributed by atoms with van der Waals surface area (Å²) in [6.45, 7) is 4.06. The number of aldehydes is 1. The standard InChI is InChI=1S/C12H12N2OS/c1-9-8-11(4-3-6-15)10(2)14(9)12-13-5-7-16-12/h3-8H,1-2H3/b4-3+. The predicted molar refractivity (Wildman–Crippen MR) is 66.0 cm³/mol. The van der Waals surface area contributed by atoms with Gasteiger partial charge in [0.15, 0.2) is 5.13 Å². The third-order valence-electron chi connectivity index (χ3n) is 2.44. The minimum atomic E-state index is 0.787. The minimum Gasteiger partial charge on any atom is -0.299 e. The quantitative estimate of drug-likeness (QED) is 0.602. The van der Waals surface area contributed by atoms with E-state index in [4.69, 9.17) is 0 Å². The van der Waals surface area contributed by atoms with Crippen molar-refractivity contribution in [2.45, 2.75) is 13.8 Å². The van der Waals surface area contributed by atoms with Gasteiger partial charge in [-0.3, -0.25) is 9.36 Å². The topological polar surface area (TPSA) is 34.9 Å². The van der Waals surface area contributed by atoms with Crippen molar-refractivity contribution in [2.75, 3.05) is 0 Å². The highest BCUT2D eigenvalue weighted by Gasteiger charge is 2.09. The van der Waals surface area contributed by atoms with Crippen molar-refractivity contribution in [2.24, 2.45) is 0 Å². The molecular weight excluding hydrogens is 220 g/mol. The zero-order valence-electron chi connectivity index (χ0n) is 9.18. The highest BCUT2D eigenvalue weighted by atomic mass is 32.1. The Bertz CT molecular complexity index is 523. The van der Waals surface area contributed by atoms with Gasteiger partial charge in [-0.05, 0) is 37.6 Å². The molecule has 2 aromatic rings. The molecule has 0 atom stereocenters. The van der Waals surface area contributed by atoms with Crippen LogP contribution in [0.15, 0.2) is 23.7 Å². The molecule has 16 heavy (non-hydrogen) atoms. The van der Waals surface area contributed by atoms with Crippen LogP contribution in [0.3, 0.4) is 0 Å². The zero-order valence-corrected chi connectivity index (χ0v) is 9.99. The van der Waals surface area contributed by atoms with Gasteiger partial charge in [-0.25, -0.2) is 4.98 Å². The monoisotopic (exact) mass is 232 g/mol. The predicted octanol–water partition coefficient (Wildman–Crippen LogP) is 2.76. The average Bonchev–Trinajstić information content (AvgIpc) is 2.85. The Kier molecular flexibility index (Phi) is 3.01. The van der Waals surface area contributed by atoms with E-state index in [1.807, 2.05) is 25.3 Å². The lowest BCUT2D eigenvalue weighted by Crippen LogP contribution is -1.97. The van der Waals surface area contributed by atoms with Crippen LogP contribution < -0.4 is 0 Å². The number of carbonyl (C=O) groups is 1. The van der Waals surface area contributed by atoms with Crippen LogP contribution in [0.4, 0.5) is 0 Å². The molecule has 0 fully saturated rings. The molecule has 0 aromatic carbocycles. The Hall–Kier alpha value is -1.68. The third-order valence-corrected chi connectivity index (χ3v) is 3.19. The summed E-state index contributed by atoms with van der Waals surface area (Å²) in [6.07, 6.45) is 5.91. The highest BCUT2D eigenvalue weighted by Crippen LogP contribution is 2.22. The fourth-order valence-corrected chi connectivity index (χ4v) is 2.47. The molecule has 0 amide bonds. The first-order valence-corrected chi connectivity index (χ1v) is 5.82. The number of aryl methyl sites for hydroxylation is 1. The van der Waals surface area contributed by atoms with Crippen molar-refractivity contribution in [1.82, 2.24) is 9.55 Å². The molecule has 0 radical (unpaired) electrons. The molecule has 0 saturated heterocycles. The number of rotatable bonds is 3. The molecule has 0 aliphatic carbocycles. The summed E-state index contributed by atoms with van der Waals surface area (Å²) in [7, 11) is 0. The van der Waals surface area contributed by atoms with Crippen LogP contribution in [-0.2, 0) is 4.79 Å². The van der Waals surface area contributed by atoms with Crippen LogP contribution in [-0.4, -0.2) is 15.8 Å². The molecule has 2 heterocycles. The van der Waals surface area contributed by atoms with Crippen molar-refractivity contribution in [3.8, 4) is 5.13 Å². The van der Waals surface area contributed by atoms with Crippen molar-refractivity contribution in [3.63, 3.8) is 0 Å². The average molecular weight is 232 g/mol. The van der Waals surface area contributed by atoms with Crippen LogP contribution in [0, 0.1) is 13.8 Å². The van der Waals surface area contributed by atoms with Gasteiger partial charge < -0.3 is 0 Å². The van der Waals surface area contributed by atoms with E-state index in [1.54, 1.807) is 17.5 Å². The molecule has 0 aliphatic heterocycles. The first-order valence-electron chi connectivity index (χ1n) is 4.94. The summed E-state index contributed by atoms with van der Waals surface area (Å²) in [5, 5.41) is 2.91. The molecular formula is C12H12N2OS. The second-order valence-electron chi connectivity index (χ2n) is 3.47. The summed E-state index contributed by atoms with van der Waals surface area (Å²) in [5.74, 6) is 0. The van der Waals surface area contributed by atoms with Gasteiger partial charge in [-0.15, -0.1) is 11.3 Å². The molecule has 3 nitrogen and oxygen atoms in total. The fourth-order valence-electron chi connectivity index (χ4n) is 1.72. The van der Waals surface area contributed by atoms with Crippen LogP contribution in [0.25, 0.3) is 11.2 Å². The Labute approximate surface area is 98.1 Å². The largest absolute Gasteiger partial charge is 0.299 e. The molecule has 2 aromatic heterocycles. The summed E-state index contributed by atoms with van der Waals surface area (Å²) in [6, 6.07) is 2.05. The van der Waals surface area contributed by atoms with Gasteiger partial charge in [0.25, 0.3) is 0 Å². The van der Waals surface area contributed by atoms with Crippen LogP contribution >= 0.6 is 11.3 Å². The molecule has 0 saturated carbocycles. The second kappa shape index (κ2) is 4.45. The number of aromatic nitrogens is 2. The second-order valence-corrected chi connectivity index (χ2v) is 4.34. The molecule has 82 valence electrons. The molecule has 4 heteroatoms. The molecule has 0 bridgehead atoms. The van der Waals surface area contributed by atoms with Gasteiger partial charge in [0.05, 0.1) is 0 Å². The number of nitrogens with zero attached hydrogens (tertiary/aromatic N) is 2. The zero-order chi connectivity index (χ0) is 11.5. The summed E-state index contributed by atoms with van der Waals surface area (Å²) >= 11 is 1.60. The number of hydrogen-bond acceptors (Lipinski definition) is 3. The summed E-state index contributed by atoms with van der Waals surface area (Å²) < 4.78 is 2.09. The lowest BCUT2D eigenvalue weighted by molar-refractivity contribution is -0.104. The maximum Gasteiger partial charge on any atom is 0.193 e. The van der Waals surface area contributed by atoms with Crippen molar-refractivity contribution in [1.29, 1.82) is 0 Å². The van der Waals surface area contributed by atoms with Crippen molar-refractivity contribution in [3.05, 3.63) is 40.7 Å². The van der Waals surface area contributed by atoms with E-state index in [1.165, 1.54) is 6.08 Å². The van der Waals surface area contributed by atoms with E-state index in [9.17, 15) is 4.79 Å². The van der Waals surface area contributed by atoms with Crippen molar-refractivity contribution >= 4 is 23.7 Å². The van der Waals surface area contributed by atoms with E-state index in [0.29, 0.717) is 0 Å². The van der Waals surface area contributed by atoms with Gasteiger partial charge in [0.2, 0.25) is 0 Å². The third kappa shape index (κ3) is 1.84. The lowest BCUT2D eigenvalue weighted by Gasteiger charge is -2.04. The molecule has 0 N–H and O–H groups in total. The Balaban J connectivity index is 2.51. The fraction of sp³-hybridized carbons (Fsp3) is 0.167. The smallest absolute Gasteiger partial charge is 0.193 e. The van der Waals surface area contributed by atoms with Crippen LogP contribution in [0.5, 0.6) is 0 Å². The summed E-state index contributed by atoms with van der Waals surface area (Å²) in [5.41, 5.74) is 3.28. The number of carbonyl (C=O) groups excluding carboxylic acids is 1. The minimum absolute atomic E-state index is 0.787. The highest BCUT2D eigenvalue weighted by molar-refractivity contribution is 7.12. The van der Waals surface area contributed by atoms with Gasteiger partial charge in [0, 0.05) is 23.0 Å². The normalized spacial score (nSPS) is 11.1. The first-order chi connectivity index (χ1) is 7.74. The van der Waals surface area contributed by atoms with Gasteiger partial charge in [0.1, 0.15) is 6.29 Å². The SMILES string of the molecule is Cc1cc(/C=C/C=O)c(C)n1-c1nccs1. The van der Waals surface area contributed by atoms with E-state index in [2.05, 4.69) is 15.6 Å². The van der Waals surface area contributed by atoms with Gasteiger partial charge >= 0.3 is 0 Å². The molecule has 0 aliphatic rings. The Morgan fingerprint density at radius 3 is 2.88 bits per heavy atom. The van der Waals surface area contributed by atoms with E-state index in [0.717, 1.165) is 28.4 Å². The van der Waals surface area contributed by atoms with Gasteiger partial charge in [-0.2, -0.15) is 0 Å². The Morgan fingerprint density at radius 1 is 1.44 bits per heavy atom. The number of allylic oxidation sites excluding steroid dienone is 1. The Morgan fingerprint density at radius 2 is 2.25 bits per heavy atom. The van der Waals surface area contributed by atoms with E-state index < -0.39 is 0 Å². The maximum absolute atomic E-state index is 10.3. The first kappa shape index (κ1) is 10.8. The lowest BCUT2D eigenvalue weighted by atomic mass is 10.2. The maximum atomic E-state index is 10.3. The molecule has 2 rings (SSSR count). The number of thiazole rings is 1. The molecule has 0 spiro atoms. The van der Waals surface area contributed by atoms with E-state index in [-0.39, 0.29) is 0 Å². The number of hydrogen-bond donors (Lipinski definition) is 0. The van der Waals surface area contributed by atoms with E-state index >= 15 is 0 Å². The van der Waals surface area contributed by atoms with Gasteiger partial charge in [-0.1, -0.05) is 0 Å². The van der Waals surface area contributed by atoms with Crippen LogP contribution in [0.1, 0.15) is 17.0 Å². The molecule has 0 unspecified atom stereocenters.